The number of anilines is 1. The lowest BCUT2D eigenvalue weighted by molar-refractivity contribution is 0.296. The molecule has 0 atom stereocenters. The summed E-state index contributed by atoms with van der Waals surface area (Å²) in [7, 11) is 0. The summed E-state index contributed by atoms with van der Waals surface area (Å²) in [5.74, 6) is 1.02. The highest BCUT2D eigenvalue weighted by molar-refractivity contribution is 7.80. The monoisotopic (exact) mass is 490 g/mol. The lowest BCUT2D eigenvalue weighted by Gasteiger charge is -2.30. The highest BCUT2D eigenvalue weighted by Gasteiger charge is 2.26. The molecular formula is C31H42N2OS. The normalized spacial score (nSPS) is 11.9. The third kappa shape index (κ3) is 6.98. The quantitative estimate of drug-likeness (QED) is 0.209. The summed E-state index contributed by atoms with van der Waals surface area (Å²) in [6, 6.07) is 21.4. The third-order valence-corrected chi connectivity index (χ3v) is 7.66. The van der Waals surface area contributed by atoms with Gasteiger partial charge in [-0.1, -0.05) is 90.1 Å². The van der Waals surface area contributed by atoms with E-state index in [2.05, 4.69) is 113 Å². The van der Waals surface area contributed by atoms with Crippen LogP contribution >= 0.6 is 12.2 Å². The Bertz CT molecular complexity index is 1130. The second-order valence-corrected chi connectivity index (χ2v) is 11.1. The van der Waals surface area contributed by atoms with Gasteiger partial charge in [-0.05, 0) is 71.8 Å². The minimum atomic E-state index is 0.0796. The van der Waals surface area contributed by atoms with Crippen LogP contribution in [0.5, 0.6) is 5.75 Å². The van der Waals surface area contributed by atoms with Gasteiger partial charge in [0.15, 0.2) is 5.11 Å². The van der Waals surface area contributed by atoms with Gasteiger partial charge >= 0.3 is 0 Å². The standard InChI is InChI=1S/C31H42N2OS/c1-7-30(3,4)24-18-19-28(26(22-24)31(5,6)8-2)34-21-12-11-20-32-29(35)33-27-17-13-15-23-14-9-10-16-25(23)27/h9-10,13-19,22H,7-8,11-12,20-21H2,1-6H3,(H2,32,33,35). The van der Waals surface area contributed by atoms with E-state index in [1.54, 1.807) is 0 Å². The van der Waals surface area contributed by atoms with E-state index >= 15 is 0 Å². The van der Waals surface area contributed by atoms with E-state index in [-0.39, 0.29) is 10.8 Å². The van der Waals surface area contributed by atoms with Crippen molar-refractivity contribution in [3.05, 3.63) is 71.8 Å². The molecule has 0 aliphatic carbocycles. The average molecular weight is 491 g/mol. The number of benzene rings is 3. The highest BCUT2D eigenvalue weighted by atomic mass is 32.1. The van der Waals surface area contributed by atoms with E-state index in [1.165, 1.54) is 21.9 Å². The summed E-state index contributed by atoms with van der Waals surface area (Å²) in [5.41, 5.74) is 3.99. The Balaban J connectivity index is 1.50. The van der Waals surface area contributed by atoms with Gasteiger partial charge in [0.2, 0.25) is 0 Å². The molecule has 0 aliphatic heterocycles. The first kappa shape index (κ1) is 27.0. The topological polar surface area (TPSA) is 33.3 Å². The Morgan fingerprint density at radius 1 is 0.857 bits per heavy atom. The van der Waals surface area contributed by atoms with Gasteiger partial charge < -0.3 is 15.4 Å². The van der Waals surface area contributed by atoms with Gasteiger partial charge in [0.1, 0.15) is 5.75 Å². The zero-order valence-electron chi connectivity index (χ0n) is 22.3. The molecule has 0 unspecified atom stereocenters. The number of thiocarbonyl (C=S) groups is 1. The van der Waals surface area contributed by atoms with Crippen molar-refractivity contribution < 1.29 is 4.74 Å². The molecule has 0 fully saturated rings. The van der Waals surface area contributed by atoms with Gasteiger partial charge in [0.25, 0.3) is 0 Å². The molecule has 0 heterocycles. The molecule has 0 aliphatic rings. The van der Waals surface area contributed by atoms with Crippen LogP contribution in [-0.4, -0.2) is 18.3 Å². The summed E-state index contributed by atoms with van der Waals surface area (Å²) in [6.07, 6.45) is 4.15. The second kappa shape index (κ2) is 11.9. The number of unbranched alkanes of at least 4 members (excludes halogenated alkanes) is 1. The molecule has 3 aromatic carbocycles. The highest BCUT2D eigenvalue weighted by Crippen LogP contribution is 2.38. The fourth-order valence-electron chi connectivity index (χ4n) is 4.11. The maximum Gasteiger partial charge on any atom is 0.170 e. The number of rotatable bonds is 11. The van der Waals surface area contributed by atoms with Gasteiger partial charge in [-0.25, -0.2) is 0 Å². The van der Waals surface area contributed by atoms with Crippen molar-refractivity contribution in [2.24, 2.45) is 0 Å². The summed E-state index contributed by atoms with van der Waals surface area (Å²) in [6.45, 7) is 15.3. The maximum atomic E-state index is 6.30. The minimum Gasteiger partial charge on any atom is -0.493 e. The number of hydrogen-bond acceptors (Lipinski definition) is 2. The lowest BCUT2D eigenvalue weighted by atomic mass is 9.76. The Morgan fingerprint density at radius 3 is 2.31 bits per heavy atom. The van der Waals surface area contributed by atoms with Crippen molar-refractivity contribution in [2.75, 3.05) is 18.5 Å². The molecule has 0 bridgehead atoms. The molecule has 0 radical (unpaired) electrons. The smallest absolute Gasteiger partial charge is 0.170 e. The molecule has 0 amide bonds. The maximum absolute atomic E-state index is 6.30. The molecule has 3 nitrogen and oxygen atoms in total. The molecule has 3 aromatic rings. The van der Waals surface area contributed by atoms with E-state index in [4.69, 9.17) is 17.0 Å². The molecule has 0 aromatic heterocycles. The van der Waals surface area contributed by atoms with E-state index < -0.39 is 0 Å². The number of ether oxygens (including phenoxy) is 1. The Kier molecular flexibility index (Phi) is 9.18. The lowest BCUT2D eigenvalue weighted by Crippen LogP contribution is -2.29. The van der Waals surface area contributed by atoms with Crippen LogP contribution in [0.1, 0.15) is 78.4 Å². The average Bonchev–Trinajstić information content (AvgIpc) is 2.86. The largest absolute Gasteiger partial charge is 0.493 e. The summed E-state index contributed by atoms with van der Waals surface area (Å²) < 4.78 is 6.30. The minimum absolute atomic E-state index is 0.0796. The van der Waals surface area contributed by atoms with Crippen LogP contribution in [0.2, 0.25) is 0 Å². The number of nitrogens with one attached hydrogen (secondary N) is 2. The van der Waals surface area contributed by atoms with Crippen LogP contribution in [0.25, 0.3) is 10.8 Å². The van der Waals surface area contributed by atoms with Crippen LogP contribution in [0.4, 0.5) is 5.69 Å². The zero-order valence-corrected chi connectivity index (χ0v) is 23.1. The van der Waals surface area contributed by atoms with Gasteiger partial charge in [0, 0.05) is 23.2 Å². The molecule has 188 valence electrons. The number of hydrogen-bond donors (Lipinski definition) is 2. The van der Waals surface area contributed by atoms with Gasteiger partial charge in [-0.2, -0.15) is 0 Å². The van der Waals surface area contributed by atoms with Crippen LogP contribution in [0.3, 0.4) is 0 Å². The Morgan fingerprint density at radius 2 is 1.57 bits per heavy atom. The summed E-state index contributed by atoms with van der Waals surface area (Å²) >= 11 is 5.52. The van der Waals surface area contributed by atoms with E-state index in [1.807, 2.05) is 0 Å². The summed E-state index contributed by atoms with van der Waals surface area (Å²) in [4.78, 5) is 0. The third-order valence-electron chi connectivity index (χ3n) is 7.41. The predicted molar refractivity (Wildman–Crippen MR) is 156 cm³/mol. The SMILES string of the molecule is CCC(C)(C)c1ccc(OCCCCNC(=S)Nc2cccc3ccccc23)c(C(C)(C)CC)c1. The summed E-state index contributed by atoms with van der Waals surface area (Å²) in [5, 5.41) is 9.71. The molecule has 0 spiro atoms. The van der Waals surface area contributed by atoms with Crippen molar-refractivity contribution in [1.29, 1.82) is 0 Å². The fourth-order valence-corrected chi connectivity index (χ4v) is 4.32. The van der Waals surface area contributed by atoms with Crippen LogP contribution in [0.15, 0.2) is 60.7 Å². The first-order valence-electron chi connectivity index (χ1n) is 13.0. The van der Waals surface area contributed by atoms with Crippen molar-refractivity contribution in [3.8, 4) is 5.75 Å². The predicted octanol–water partition coefficient (Wildman–Crippen LogP) is 8.36. The van der Waals surface area contributed by atoms with E-state index in [0.717, 1.165) is 43.7 Å². The van der Waals surface area contributed by atoms with Crippen molar-refractivity contribution in [1.82, 2.24) is 5.32 Å². The molecule has 0 saturated carbocycles. The molecule has 4 heteroatoms. The van der Waals surface area contributed by atoms with Crippen LogP contribution < -0.4 is 15.4 Å². The molecule has 35 heavy (non-hydrogen) atoms. The van der Waals surface area contributed by atoms with Gasteiger partial charge in [0.05, 0.1) is 6.61 Å². The molecule has 3 rings (SSSR count). The molecule has 2 N–H and O–H groups in total. The van der Waals surface area contributed by atoms with Crippen molar-refractivity contribution in [2.45, 2.75) is 78.1 Å². The van der Waals surface area contributed by atoms with Crippen LogP contribution in [-0.2, 0) is 10.8 Å². The van der Waals surface area contributed by atoms with E-state index in [9.17, 15) is 0 Å². The van der Waals surface area contributed by atoms with Gasteiger partial charge in [-0.15, -0.1) is 0 Å². The zero-order chi connectivity index (χ0) is 25.5. The van der Waals surface area contributed by atoms with Crippen molar-refractivity contribution in [3.63, 3.8) is 0 Å². The second-order valence-electron chi connectivity index (χ2n) is 10.6. The first-order chi connectivity index (χ1) is 16.7. The molecular weight excluding hydrogens is 448 g/mol. The first-order valence-corrected chi connectivity index (χ1v) is 13.4. The molecule has 0 saturated heterocycles. The fraction of sp³-hybridized carbons (Fsp3) is 0.452. The Hall–Kier alpha value is -2.59. The van der Waals surface area contributed by atoms with Crippen LogP contribution in [0, 0.1) is 0 Å². The van der Waals surface area contributed by atoms with Gasteiger partial charge in [-0.3, -0.25) is 0 Å². The van der Waals surface area contributed by atoms with Crippen molar-refractivity contribution >= 4 is 33.8 Å². The Labute approximate surface area is 217 Å². The van der Waals surface area contributed by atoms with E-state index in [0.29, 0.717) is 11.7 Å². The number of fused-ring (bicyclic) bond motifs is 1.